The SMILES string of the molecule is CCCCN1CCN(Cc2ccc(CNCC)cc2)CC1. The van der Waals surface area contributed by atoms with Crippen LogP contribution >= 0.6 is 0 Å². The van der Waals surface area contributed by atoms with Crippen LogP contribution in [-0.4, -0.2) is 49.1 Å². The molecule has 3 nitrogen and oxygen atoms in total. The van der Waals surface area contributed by atoms with Crippen molar-refractivity contribution in [1.29, 1.82) is 0 Å². The minimum Gasteiger partial charge on any atom is -0.313 e. The lowest BCUT2D eigenvalue weighted by molar-refractivity contribution is 0.126. The molecule has 0 saturated carbocycles. The molecule has 1 heterocycles. The van der Waals surface area contributed by atoms with E-state index in [0.717, 1.165) is 19.6 Å². The van der Waals surface area contributed by atoms with E-state index >= 15 is 0 Å². The topological polar surface area (TPSA) is 18.5 Å². The molecular weight excluding hydrogens is 258 g/mol. The Morgan fingerprint density at radius 2 is 1.52 bits per heavy atom. The lowest BCUT2D eigenvalue weighted by Gasteiger charge is -2.34. The summed E-state index contributed by atoms with van der Waals surface area (Å²) in [4.78, 5) is 5.20. The van der Waals surface area contributed by atoms with Crippen LogP contribution in [0, 0.1) is 0 Å². The summed E-state index contributed by atoms with van der Waals surface area (Å²) in [5.41, 5.74) is 2.82. The van der Waals surface area contributed by atoms with E-state index in [1.807, 2.05) is 0 Å². The van der Waals surface area contributed by atoms with Gasteiger partial charge in [0.25, 0.3) is 0 Å². The van der Waals surface area contributed by atoms with Gasteiger partial charge in [-0.1, -0.05) is 44.5 Å². The monoisotopic (exact) mass is 289 g/mol. The molecule has 1 aromatic rings. The first-order valence-corrected chi connectivity index (χ1v) is 8.55. The van der Waals surface area contributed by atoms with E-state index in [-0.39, 0.29) is 0 Å². The van der Waals surface area contributed by atoms with E-state index in [2.05, 4.69) is 53.2 Å². The van der Waals surface area contributed by atoms with Gasteiger partial charge in [-0.3, -0.25) is 4.90 Å². The fourth-order valence-electron chi connectivity index (χ4n) is 2.84. The van der Waals surface area contributed by atoms with Crippen molar-refractivity contribution in [3.05, 3.63) is 35.4 Å². The molecule has 0 atom stereocenters. The second-order valence-electron chi connectivity index (χ2n) is 6.07. The zero-order chi connectivity index (χ0) is 14.9. The molecule has 1 saturated heterocycles. The molecule has 3 heteroatoms. The van der Waals surface area contributed by atoms with Crippen LogP contribution in [-0.2, 0) is 13.1 Å². The number of nitrogens with one attached hydrogen (secondary N) is 1. The zero-order valence-electron chi connectivity index (χ0n) is 13.8. The number of nitrogens with zero attached hydrogens (tertiary/aromatic N) is 2. The molecule has 1 aliphatic heterocycles. The number of unbranched alkanes of at least 4 members (excludes halogenated alkanes) is 1. The first-order valence-electron chi connectivity index (χ1n) is 8.55. The van der Waals surface area contributed by atoms with Crippen molar-refractivity contribution in [3.63, 3.8) is 0 Å². The quantitative estimate of drug-likeness (QED) is 0.794. The molecule has 0 amide bonds. The predicted molar refractivity (Wildman–Crippen MR) is 90.4 cm³/mol. The fraction of sp³-hybridized carbons (Fsp3) is 0.667. The smallest absolute Gasteiger partial charge is 0.0234 e. The summed E-state index contributed by atoms with van der Waals surface area (Å²) >= 11 is 0. The molecule has 0 radical (unpaired) electrons. The van der Waals surface area contributed by atoms with Gasteiger partial charge < -0.3 is 10.2 Å². The standard InChI is InChI=1S/C18H31N3/c1-3-5-10-20-11-13-21(14-12-20)16-18-8-6-17(7-9-18)15-19-4-2/h6-9,19H,3-5,10-16H2,1-2H3. The van der Waals surface area contributed by atoms with Crippen LogP contribution in [0.5, 0.6) is 0 Å². The molecule has 1 N–H and O–H groups in total. The van der Waals surface area contributed by atoms with Crippen LogP contribution < -0.4 is 5.32 Å². The fourth-order valence-corrected chi connectivity index (χ4v) is 2.84. The lowest BCUT2D eigenvalue weighted by atomic mass is 10.1. The molecule has 0 aliphatic carbocycles. The molecule has 0 unspecified atom stereocenters. The Morgan fingerprint density at radius 1 is 0.905 bits per heavy atom. The maximum Gasteiger partial charge on any atom is 0.0234 e. The number of benzene rings is 1. The first-order chi connectivity index (χ1) is 10.3. The first kappa shape index (κ1) is 16.5. The average Bonchev–Trinajstić information content (AvgIpc) is 2.53. The van der Waals surface area contributed by atoms with E-state index in [0.29, 0.717) is 0 Å². The van der Waals surface area contributed by atoms with Crippen molar-refractivity contribution in [2.24, 2.45) is 0 Å². The molecule has 2 rings (SSSR count). The van der Waals surface area contributed by atoms with Gasteiger partial charge in [0.2, 0.25) is 0 Å². The maximum atomic E-state index is 3.37. The summed E-state index contributed by atoms with van der Waals surface area (Å²) < 4.78 is 0. The Balaban J connectivity index is 1.73. The van der Waals surface area contributed by atoms with E-state index < -0.39 is 0 Å². The number of hydrogen-bond acceptors (Lipinski definition) is 3. The molecule has 1 fully saturated rings. The summed E-state index contributed by atoms with van der Waals surface area (Å²) in [7, 11) is 0. The van der Waals surface area contributed by atoms with Crippen LogP contribution in [0.25, 0.3) is 0 Å². The second-order valence-corrected chi connectivity index (χ2v) is 6.07. The van der Waals surface area contributed by atoms with E-state index in [9.17, 15) is 0 Å². The zero-order valence-corrected chi connectivity index (χ0v) is 13.8. The van der Waals surface area contributed by atoms with Gasteiger partial charge in [0.1, 0.15) is 0 Å². The minimum absolute atomic E-state index is 0.979. The molecular formula is C18H31N3. The number of rotatable bonds is 8. The largest absolute Gasteiger partial charge is 0.313 e. The van der Waals surface area contributed by atoms with Gasteiger partial charge in [0.05, 0.1) is 0 Å². The van der Waals surface area contributed by atoms with Gasteiger partial charge in [-0.25, -0.2) is 0 Å². The van der Waals surface area contributed by atoms with E-state index in [1.54, 1.807) is 0 Å². The van der Waals surface area contributed by atoms with Crippen molar-refractivity contribution < 1.29 is 0 Å². The average molecular weight is 289 g/mol. The molecule has 1 aromatic carbocycles. The Morgan fingerprint density at radius 3 is 2.14 bits per heavy atom. The van der Waals surface area contributed by atoms with E-state index in [1.165, 1.54) is 56.7 Å². The normalized spacial score (nSPS) is 17.2. The van der Waals surface area contributed by atoms with Gasteiger partial charge in [-0.2, -0.15) is 0 Å². The summed E-state index contributed by atoms with van der Waals surface area (Å²) in [6.45, 7) is 13.7. The van der Waals surface area contributed by atoms with Crippen molar-refractivity contribution >= 4 is 0 Å². The molecule has 1 aliphatic rings. The summed E-state index contributed by atoms with van der Waals surface area (Å²) in [6.07, 6.45) is 2.65. The van der Waals surface area contributed by atoms with Gasteiger partial charge >= 0.3 is 0 Å². The van der Waals surface area contributed by atoms with Gasteiger partial charge in [-0.15, -0.1) is 0 Å². The Kier molecular flexibility index (Phi) is 7.20. The van der Waals surface area contributed by atoms with Crippen molar-refractivity contribution in [3.8, 4) is 0 Å². The second kappa shape index (κ2) is 9.19. The highest BCUT2D eigenvalue weighted by Crippen LogP contribution is 2.10. The molecule has 0 spiro atoms. The highest BCUT2D eigenvalue weighted by molar-refractivity contribution is 5.22. The third-order valence-electron chi connectivity index (χ3n) is 4.30. The molecule has 118 valence electrons. The number of hydrogen-bond donors (Lipinski definition) is 1. The highest BCUT2D eigenvalue weighted by Gasteiger charge is 2.16. The lowest BCUT2D eigenvalue weighted by Crippen LogP contribution is -2.46. The predicted octanol–water partition coefficient (Wildman–Crippen LogP) is 2.71. The van der Waals surface area contributed by atoms with Gasteiger partial charge in [-0.05, 0) is 30.6 Å². The van der Waals surface area contributed by atoms with Crippen LogP contribution in [0.3, 0.4) is 0 Å². The van der Waals surface area contributed by atoms with E-state index in [4.69, 9.17) is 0 Å². The summed E-state index contributed by atoms with van der Waals surface area (Å²) in [6, 6.07) is 9.09. The van der Waals surface area contributed by atoms with Crippen LogP contribution in [0.15, 0.2) is 24.3 Å². The van der Waals surface area contributed by atoms with Gasteiger partial charge in [0, 0.05) is 39.3 Å². The highest BCUT2D eigenvalue weighted by atomic mass is 15.3. The van der Waals surface area contributed by atoms with Gasteiger partial charge in [0.15, 0.2) is 0 Å². The molecule has 0 bridgehead atoms. The van der Waals surface area contributed by atoms with Crippen molar-refractivity contribution in [1.82, 2.24) is 15.1 Å². The summed E-state index contributed by atoms with van der Waals surface area (Å²) in [5.74, 6) is 0. The van der Waals surface area contributed by atoms with Crippen molar-refractivity contribution in [2.75, 3.05) is 39.3 Å². The Hall–Kier alpha value is -0.900. The van der Waals surface area contributed by atoms with Crippen molar-refractivity contribution in [2.45, 2.75) is 39.8 Å². The summed E-state index contributed by atoms with van der Waals surface area (Å²) in [5, 5.41) is 3.37. The molecule has 0 aromatic heterocycles. The third kappa shape index (κ3) is 5.77. The van der Waals surface area contributed by atoms with Crippen LogP contribution in [0.4, 0.5) is 0 Å². The molecule has 21 heavy (non-hydrogen) atoms. The number of piperazine rings is 1. The minimum atomic E-state index is 0.979. The Bertz CT molecular complexity index is 380. The third-order valence-corrected chi connectivity index (χ3v) is 4.30. The maximum absolute atomic E-state index is 3.37. The van der Waals surface area contributed by atoms with Crippen LogP contribution in [0.2, 0.25) is 0 Å². The van der Waals surface area contributed by atoms with Crippen LogP contribution in [0.1, 0.15) is 37.8 Å². The Labute approximate surface area is 130 Å².